The Balaban J connectivity index is 6.02. The summed E-state index contributed by atoms with van der Waals surface area (Å²) in [5.74, 6) is -1.08. The van der Waals surface area contributed by atoms with Crippen LogP contribution in [-0.4, -0.2) is 58.0 Å². The van der Waals surface area contributed by atoms with Crippen molar-refractivity contribution in [2.24, 2.45) is 0 Å². The van der Waals surface area contributed by atoms with E-state index < -0.39 is 52.9 Å². The molecule has 0 heterocycles. The maximum atomic E-state index is 14.2. The van der Waals surface area contributed by atoms with Crippen LogP contribution < -0.4 is 0 Å². The summed E-state index contributed by atoms with van der Waals surface area (Å²) in [6, 6.07) is -1.76. The number of halogens is 1. The van der Waals surface area contributed by atoms with Gasteiger partial charge in [0.2, 0.25) is 6.20 Å². The average molecular weight is 420 g/mol. The van der Waals surface area contributed by atoms with Crippen LogP contribution in [0.25, 0.3) is 0 Å². The van der Waals surface area contributed by atoms with E-state index in [9.17, 15) is 28.9 Å². The lowest BCUT2D eigenvalue weighted by Crippen LogP contribution is -2.53. The molecule has 10 nitrogen and oxygen atoms in total. The summed E-state index contributed by atoms with van der Waals surface area (Å²) in [6.07, 6.45) is -4.33. The Morgan fingerprint density at radius 1 is 1.07 bits per heavy atom. The molecule has 2 atom stereocenters. The predicted molar refractivity (Wildman–Crippen MR) is 100 cm³/mol. The Morgan fingerprint density at radius 2 is 1.52 bits per heavy atom. The van der Waals surface area contributed by atoms with E-state index in [-0.39, 0.29) is 6.61 Å². The van der Waals surface area contributed by atoms with Gasteiger partial charge in [-0.3, -0.25) is 10.1 Å². The van der Waals surface area contributed by atoms with Crippen molar-refractivity contribution in [1.29, 1.82) is 0 Å². The Bertz CT molecular complexity index is 609. The topological polar surface area (TPSA) is 125 Å². The molecular weight excluding hydrogens is 391 g/mol. The highest BCUT2D eigenvalue weighted by Gasteiger charge is 2.42. The lowest BCUT2D eigenvalue weighted by molar-refractivity contribution is -0.402. The highest BCUT2D eigenvalue weighted by molar-refractivity contribution is 5.94. The third-order valence-corrected chi connectivity index (χ3v) is 2.92. The number of alkyl halides is 1. The summed E-state index contributed by atoms with van der Waals surface area (Å²) < 4.78 is 29.4. The SMILES string of the molecule is CCOC(=O)[C@H](CC(F)C=C[N+](=O)[O-])N(C(=O)OC(C)(C)C)C(=O)OC(C)(C)C. The van der Waals surface area contributed by atoms with Gasteiger partial charge >= 0.3 is 18.2 Å². The zero-order valence-corrected chi connectivity index (χ0v) is 17.8. The number of allylic oxidation sites excluding steroid dienone is 1. The van der Waals surface area contributed by atoms with Gasteiger partial charge in [0.15, 0.2) is 0 Å². The van der Waals surface area contributed by atoms with Crippen LogP contribution in [0.4, 0.5) is 14.0 Å². The van der Waals surface area contributed by atoms with Crippen molar-refractivity contribution in [3.8, 4) is 0 Å². The van der Waals surface area contributed by atoms with Crippen molar-refractivity contribution in [3.63, 3.8) is 0 Å². The normalized spacial score (nSPS) is 14.1. The maximum Gasteiger partial charge on any atom is 0.420 e. The first-order valence-corrected chi connectivity index (χ1v) is 8.95. The van der Waals surface area contributed by atoms with E-state index in [1.54, 1.807) is 0 Å². The minimum atomic E-state index is -2.03. The number of carbonyl (C=O) groups is 3. The molecule has 0 aromatic heterocycles. The molecule has 0 saturated carbocycles. The van der Waals surface area contributed by atoms with Crippen LogP contribution in [0.15, 0.2) is 12.3 Å². The molecule has 1 unspecified atom stereocenters. The van der Waals surface area contributed by atoms with Gasteiger partial charge in [-0.15, -0.1) is 0 Å². The largest absolute Gasteiger partial charge is 0.464 e. The fourth-order valence-corrected chi connectivity index (χ4v) is 1.95. The van der Waals surface area contributed by atoms with E-state index in [2.05, 4.69) is 0 Å². The first-order chi connectivity index (χ1) is 13.1. The third-order valence-electron chi connectivity index (χ3n) is 2.92. The second kappa shape index (κ2) is 10.7. The van der Waals surface area contributed by atoms with Gasteiger partial charge < -0.3 is 14.2 Å². The zero-order valence-electron chi connectivity index (χ0n) is 17.8. The first kappa shape index (κ1) is 26.3. The fraction of sp³-hybridized carbons (Fsp3) is 0.722. The summed E-state index contributed by atoms with van der Waals surface area (Å²) in [6.45, 7) is 10.6. The lowest BCUT2D eigenvalue weighted by Gasteiger charge is -2.32. The Kier molecular flexibility index (Phi) is 9.72. The maximum absolute atomic E-state index is 14.2. The van der Waals surface area contributed by atoms with Crippen LogP contribution in [0.2, 0.25) is 0 Å². The van der Waals surface area contributed by atoms with Crippen LogP contribution in [0.3, 0.4) is 0 Å². The zero-order chi connectivity index (χ0) is 23.0. The van der Waals surface area contributed by atoms with E-state index in [4.69, 9.17) is 14.2 Å². The monoisotopic (exact) mass is 420 g/mol. The number of hydrogen-bond donors (Lipinski definition) is 0. The second-order valence-electron chi connectivity index (χ2n) is 7.98. The quantitative estimate of drug-likeness (QED) is 0.265. The molecule has 0 saturated heterocycles. The molecule has 0 aromatic carbocycles. The highest BCUT2D eigenvalue weighted by atomic mass is 19.1. The van der Waals surface area contributed by atoms with E-state index in [1.807, 2.05) is 0 Å². The number of amides is 2. The van der Waals surface area contributed by atoms with Crippen molar-refractivity contribution < 1.29 is 37.9 Å². The molecule has 0 spiro atoms. The molecule has 0 aliphatic heterocycles. The number of imide groups is 1. The number of ether oxygens (including phenoxy) is 3. The number of nitrogens with zero attached hydrogens (tertiary/aromatic N) is 2. The highest BCUT2D eigenvalue weighted by Crippen LogP contribution is 2.21. The minimum Gasteiger partial charge on any atom is -0.464 e. The number of nitro groups is 1. The molecule has 0 N–H and O–H groups in total. The molecule has 0 bridgehead atoms. The van der Waals surface area contributed by atoms with Gasteiger partial charge in [0.1, 0.15) is 23.4 Å². The van der Waals surface area contributed by atoms with Gasteiger partial charge in [0, 0.05) is 12.5 Å². The third kappa shape index (κ3) is 11.0. The molecule has 0 rings (SSSR count). The smallest absolute Gasteiger partial charge is 0.420 e. The molecule has 0 fully saturated rings. The molecular formula is C18H29FN2O8. The molecule has 0 radical (unpaired) electrons. The lowest BCUT2D eigenvalue weighted by atomic mass is 10.1. The van der Waals surface area contributed by atoms with Crippen LogP contribution in [0.1, 0.15) is 54.9 Å². The number of esters is 1. The molecule has 2 amide bonds. The van der Waals surface area contributed by atoms with Crippen LogP contribution in [0, 0.1) is 10.1 Å². The molecule has 0 aliphatic rings. The minimum absolute atomic E-state index is 0.104. The van der Waals surface area contributed by atoms with Gasteiger partial charge in [-0.25, -0.2) is 18.8 Å². The summed E-state index contributed by atoms with van der Waals surface area (Å²) in [5.41, 5.74) is -2.06. The van der Waals surface area contributed by atoms with Crippen LogP contribution in [0.5, 0.6) is 0 Å². The van der Waals surface area contributed by atoms with E-state index in [1.165, 1.54) is 48.5 Å². The van der Waals surface area contributed by atoms with Crippen molar-refractivity contribution in [2.45, 2.75) is 78.3 Å². The Hall–Kier alpha value is -2.72. The molecule has 0 aromatic rings. The fourth-order valence-electron chi connectivity index (χ4n) is 1.95. The number of rotatable bonds is 7. The van der Waals surface area contributed by atoms with E-state index in [0.29, 0.717) is 17.2 Å². The Labute approximate surface area is 169 Å². The standard InChI is InChI=1S/C18H29FN2O8/c1-8-27-14(22)13(11-12(19)9-10-20(25)26)21(15(23)28-17(2,3)4)16(24)29-18(5,6)7/h9-10,12-13H,8,11H2,1-7H3/t12?,13-/m0/s1. The summed E-state index contributed by atoms with van der Waals surface area (Å²) in [5, 5.41) is 10.4. The molecule has 29 heavy (non-hydrogen) atoms. The number of hydrogen-bond acceptors (Lipinski definition) is 8. The second-order valence-corrected chi connectivity index (χ2v) is 7.98. The molecule has 11 heteroatoms. The van der Waals surface area contributed by atoms with Gasteiger partial charge in [-0.2, -0.15) is 4.90 Å². The molecule has 166 valence electrons. The van der Waals surface area contributed by atoms with Crippen molar-refractivity contribution >= 4 is 18.2 Å². The van der Waals surface area contributed by atoms with Gasteiger partial charge in [0.25, 0.3) is 0 Å². The van der Waals surface area contributed by atoms with Crippen LogP contribution >= 0.6 is 0 Å². The van der Waals surface area contributed by atoms with Crippen molar-refractivity contribution in [2.75, 3.05) is 6.61 Å². The van der Waals surface area contributed by atoms with Gasteiger partial charge in [0.05, 0.1) is 11.5 Å². The average Bonchev–Trinajstić information content (AvgIpc) is 2.48. The first-order valence-electron chi connectivity index (χ1n) is 8.95. The molecule has 0 aliphatic carbocycles. The number of carbonyl (C=O) groups excluding carboxylic acids is 3. The summed E-state index contributed by atoms with van der Waals surface area (Å²) >= 11 is 0. The van der Waals surface area contributed by atoms with Gasteiger partial charge in [-0.05, 0) is 48.5 Å². The van der Waals surface area contributed by atoms with Crippen molar-refractivity contribution in [3.05, 3.63) is 22.4 Å². The van der Waals surface area contributed by atoms with Crippen LogP contribution in [-0.2, 0) is 19.0 Å². The van der Waals surface area contributed by atoms with E-state index in [0.717, 1.165) is 0 Å². The van der Waals surface area contributed by atoms with Gasteiger partial charge in [-0.1, -0.05) is 0 Å². The predicted octanol–water partition coefficient (Wildman–Crippen LogP) is 3.61. The Morgan fingerprint density at radius 3 is 1.86 bits per heavy atom. The summed E-state index contributed by atoms with van der Waals surface area (Å²) in [7, 11) is 0. The van der Waals surface area contributed by atoms with Crippen molar-refractivity contribution in [1.82, 2.24) is 4.90 Å². The summed E-state index contributed by atoms with van der Waals surface area (Å²) in [4.78, 5) is 47.5. The van der Waals surface area contributed by atoms with E-state index >= 15 is 0 Å².